The highest BCUT2D eigenvalue weighted by atomic mass is 32.2. The Morgan fingerprint density at radius 1 is 1.18 bits per heavy atom. The number of rotatable bonds is 3. The molecule has 28 heavy (non-hydrogen) atoms. The molecule has 2 heterocycles. The van der Waals surface area contributed by atoms with Crippen LogP contribution in [-0.2, 0) is 9.59 Å². The van der Waals surface area contributed by atoms with Gasteiger partial charge >= 0.3 is 0 Å². The van der Waals surface area contributed by atoms with Gasteiger partial charge in [-0.15, -0.1) is 0 Å². The maximum absolute atomic E-state index is 12.8. The van der Waals surface area contributed by atoms with E-state index in [0.717, 1.165) is 11.1 Å². The Bertz CT molecular complexity index is 1020. The number of benzene rings is 2. The molecule has 2 aliphatic heterocycles. The third kappa shape index (κ3) is 4.00. The third-order valence-corrected chi connectivity index (χ3v) is 5.43. The second-order valence-corrected chi connectivity index (χ2v) is 7.88. The minimum absolute atomic E-state index is 0.118. The van der Waals surface area contributed by atoms with Gasteiger partial charge in [0.25, 0.3) is 11.8 Å². The van der Waals surface area contributed by atoms with Crippen LogP contribution in [0.4, 0.5) is 5.69 Å². The average molecular weight is 409 g/mol. The normalized spacial score (nSPS) is 17.6. The summed E-state index contributed by atoms with van der Waals surface area (Å²) in [6.45, 7) is 0.898. The first-order valence-electron chi connectivity index (χ1n) is 8.66. The predicted octanol–water partition coefficient (Wildman–Crippen LogP) is 3.61. The number of nitrogens with one attached hydrogen (secondary N) is 1. The molecule has 7 heteroatoms. The van der Waals surface area contributed by atoms with Crippen molar-refractivity contribution in [2.75, 3.05) is 18.1 Å². The topological polar surface area (TPSA) is 58.6 Å². The molecular formula is C21H16N2O3S2. The van der Waals surface area contributed by atoms with E-state index >= 15 is 0 Å². The van der Waals surface area contributed by atoms with Crippen molar-refractivity contribution in [2.24, 2.45) is 0 Å². The number of nitrogens with zero attached hydrogens (tertiary/aromatic N) is 1. The summed E-state index contributed by atoms with van der Waals surface area (Å²) >= 11 is 6.25. The Hall–Kier alpha value is -2.90. The summed E-state index contributed by atoms with van der Waals surface area (Å²) < 4.78 is 6.13. The largest absolute Gasteiger partial charge is 0.490 e. The van der Waals surface area contributed by atoms with Gasteiger partial charge in [0.15, 0.2) is 0 Å². The molecule has 0 saturated carbocycles. The fraction of sp³-hybridized carbons (Fsp3) is 0.0952. The molecule has 2 amide bonds. The highest BCUT2D eigenvalue weighted by Crippen LogP contribution is 2.34. The number of hydrogen-bond donors (Lipinski definition) is 1. The first-order valence-corrected chi connectivity index (χ1v) is 9.89. The van der Waals surface area contributed by atoms with E-state index in [1.54, 1.807) is 23.1 Å². The fourth-order valence-corrected chi connectivity index (χ4v) is 3.99. The van der Waals surface area contributed by atoms with Crippen molar-refractivity contribution >= 4 is 58.0 Å². The number of hydrogen-bond acceptors (Lipinski definition) is 5. The van der Waals surface area contributed by atoms with Gasteiger partial charge in [0.1, 0.15) is 16.7 Å². The monoisotopic (exact) mass is 408 g/mol. The number of carbonyl (C=O) groups excluding carboxylic acids is 2. The molecular weight excluding hydrogens is 392 g/mol. The van der Waals surface area contributed by atoms with E-state index in [9.17, 15) is 9.59 Å². The van der Waals surface area contributed by atoms with Crippen LogP contribution >= 0.6 is 24.0 Å². The van der Waals surface area contributed by atoms with E-state index in [0.29, 0.717) is 33.8 Å². The highest BCUT2D eigenvalue weighted by molar-refractivity contribution is 8.26. The lowest BCUT2D eigenvalue weighted by atomic mass is 10.1. The van der Waals surface area contributed by atoms with E-state index in [2.05, 4.69) is 5.32 Å². The predicted molar refractivity (Wildman–Crippen MR) is 116 cm³/mol. The quantitative estimate of drug-likeness (QED) is 0.621. The zero-order valence-electron chi connectivity index (χ0n) is 14.8. The Labute approximate surface area is 172 Å². The summed E-state index contributed by atoms with van der Waals surface area (Å²) in [4.78, 5) is 26.9. The molecule has 0 unspecified atom stereocenters. The molecule has 2 aromatic carbocycles. The second kappa shape index (κ2) is 8.00. The number of ether oxygens (including phenoxy) is 1. The third-order valence-electron chi connectivity index (χ3n) is 4.27. The lowest BCUT2D eigenvalue weighted by molar-refractivity contribution is -0.115. The Balaban J connectivity index is 1.60. The maximum atomic E-state index is 12.8. The molecule has 1 fully saturated rings. The van der Waals surface area contributed by atoms with Crippen molar-refractivity contribution in [3.63, 3.8) is 0 Å². The van der Waals surface area contributed by atoms with Gasteiger partial charge < -0.3 is 15.0 Å². The first kappa shape index (κ1) is 18.5. The van der Waals surface area contributed by atoms with E-state index < -0.39 is 0 Å². The minimum Gasteiger partial charge on any atom is -0.490 e. The van der Waals surface area contributed by atoms with Gasteiger partial charge in [-0.2, -0.15) is 0 Å². The maximum Gasteiger partial charge on any atom is 0.263 e. The van der Waals surface area contributed by atoms with Crippen LogP contribution in [0, 0.1) is 0 Å². The summed E-state index contributed by atoms with van der Waals surface area (Å²) in [5.41, 5.74) is 2.45. The Kier molecular flexibility index (Phi) is 5.27. The van der Waals surface area contributed by atoms with Crippen LogP contribution in [0.5, 0.6) is 5.75 Å². The smallest absolute Gasteiger partial charge is 0.263 e. The van der Waals surface area contributed by atoms with Gasteiger partial charge in [0.05, 0.1) is 17.1 Å². The molecule has 2 aliphatic rings. The molecule has 0 bridgehead atoms. The fourth-order valence-electron chi connectivity index (χ4n) is 2.95. The van der Waals surface area contributed by atoms with Gasteiger partial charge in [-0.25, -0.2) is 0 Å². The molecule has 0 aromatic heterocycles. The summed E-state index contributed by atoms with van der Waals surface area (Å²) in [5.74, 6) is 0.323. The zero-order chi connectivity index (χ0) is 19.5. The van der Waals surface area contributed by atoms with Gasteiger partial charge in [-0.3, -0.25) is 9.59 Å². The zero-order valence-corrected chi connectivity index (χ0v) is 16.4. The highest BCUT2D eigenvalue weighted by Gasteiger charge is 2.24. The molecule has 0 spiro atoms. The SMILES string of the molecule is O=C1NC(=S)S/C1=C\c1ccc2c(c1)N(C(=O)/C=C/c1ccccc1)CCO2. The summed E-state index contributed by atoms with van der Waals surface area (Å²) in [6.07, 6.45) is 5.12. The van der Waals surface area contributed by atoms with Crippen LogP contribution in [0.1, 0.15) is 11.1 Å². The molecule has 0 aliphatic carbocycles. The van der Waals surface area contributed by atoms with Gasteiger partial charge in [0.2, 0.25) is 0 Å². The van der Waals surface area contributed by atoms with Crippen LogP contribution in [0.3, 0.4) is 0 Å². The summed E-state index contributed by atoms with van der Waals surface area (Å²) in [7, 11) is 0. The number of anilines is 1. The first-order chi connectivity index (χ1) is 13.6. The van der Waals surface area contributed by atoms with Gasteiger partial charge in [0, 0.05) is 6.08 Å². The standard InChI is InChI=1S/C21H16N2O3S2/c24-19(9-7-14-4-2-1-3-5-14)23-10-11-26-17-8-6-15(12-16(17)23)13-18-20(25)22-21(27)28-18/h1-9,12-13H,10-11H2,(H,22,25,27)/b9-7+,18-13-. The molecule has 0 radical (unpaired) electrons. The van der Waals surface area contributed by atoms with E-state index in [-0.39, 0.29) is 11.8 Å². The lowest BCUT2D eigenvalue weighted by Crippen LogP contribution is -2.36. The summed E-state index contributed by atoms with van der Waals surface area (Å²) in [6, 6.07) is 15.2. The van der Waals surface area contributed by atoms with Crippen LogP contribution < -0.4 is 15.0 Å². The van der Waals surface area contributed by atoms with Gasteiger partial charge in [-0.1, -0.05) is 60.4 Å². The van der Waals surface area contributed by atoms with E-state index in [1.807, 2.05) is 48.5 Å². The molecule has 4 rings (SSSR count). The molecule has 1 saturated heterocycles. The van der Waals surface area contributed by atoms with Crippen molar-refractivity contribution in [3.8, 4) is 5.75 Å². The number of fused-ring (bicyclic) bond motifs is 1. The van der Waals surface area contributed by atoms with Crippen LogP contribution in [0.2, 0.25) is 0 Å². The number of thiocarbonyl (C=S) groups is 1. The van der Waals surface area contributed by atoms with Crippen LogP contribution in [-0.4, -0.2) is 29.3 Å². The van der Waals surface area contributed by atoms with Crippen LogP contribution in [0.15, 0.2) is 59.5 Å². The number of thioether (sulfide) groups is 1. The van der Waals surface area contributed by atoms with Crippen molar-refractivity contribution in [1.29, 1.82) is 0 Å². The summed E-state index contributed by atoms with van der Waals surface area (Å²) in [5, 5.41) is 2.60. The number of amides is 2. The molecule has 140 valence electrons. The molecule has 1 N–H and O–H groups in total. The lowest BCUT2D eigenvalue weighted by Gasteiger charge is -2.29. The Morgan fingerprint density at radius 2 is 2.00 bits per heavy atom. The average Bonchev–Trinajstić information content (AvgIpc) is 3.03. The minimum atomic E-state index is -0.206. The molecule has 2 aromatic rings. The van der Waals surface area contributed by atoms with E-state index in [1.165, 1.54) is 11.8 Å². The molecule has 0 atom stereocenters. The second-order valence-electron chi connectivity index (χ2n) is 6.16. The van der Waals surface area contributed by atoms with Crippen molar-refractivity contribution in [2.45, 2.75) is 0 Å². The molecule has 5 nitrogen and oxygen atoms in total. The number of carbonyl (C=O) groups is 2. The van der Waals surface area contributed by atoms with Crippen molar-refractivity contribution in [1.82, 2.24) is 5.32 Å². The van der Waals surface area contributed by atoms with Gasteiger partial charge in [-0.05, 0) is 35.4 Å². The Morgan fingerprint density at radius 3 is 2.75 bits per heavy atom. The van der Waals surface area contributed by atoms with Crippen molar-refractivity contribution in [3.05, 3.63) is 70.6 Å². The van der Waals surface area contributed by atoms with Crippen LogP contribution in [0.25, 0.3) is 12.2 Å². The van der Waals surface area contributed by atoms with E-state index in [4.69, 9.17) is 17.0 Å². The van der Waals surface area contributed by atoms with Crippen molar-refractivity contribution < 1.29 is 14.3 Å².